The first-order valence-electron chi connectivity index (χ1n) is 4.62. The van der Waals surface area contributed by atoms with Gasteiger partial charge in [0.2, 0.25) is 0 Å². The number of hydrogen-bond acceptors (Lipinski definition) is 2. The molecule has 1 aromatic rings. The van der Waals surface area contributed by atoms with Crippen molar-refractivity contribution in [2.75, 3.05) is 6.61 Å². The van der Waals surface area contributed by atoms with Crippen LogP contribution in [-0.4, -0.2) is 6.61 Å². The van der Waals surface area contributed by atoms with Crippen LogP contribution in [0.5, 0.6) is 5.75 Å². The predicted molar refractivity (Wildman–Crippen MR) is 57.1 cm³/mol. The van der Waals surface area contributed by atoms with Crippen molar-refractivity contribution in [1.82, 2.24) is 0 Å². The summed E-state index contributed by atoms with van der Waals surface area (Å²) in [5, 5.41) is 8.84. The number of rotatable bonds is 3. The summed E-state index contributed by atoms with van der Waals surface area (Å²) in [4.78, 5) is 0. The molecule has 1 saturated carbocycles. The number of benzene rings is 1. The molecule has 72 valence electrons. The van der Waals surface area contributed by atoms with Gasteiger partial charge in [0, 0.05) is 4.47 Å². The normalized spacial score (nSPS) is 14.9. The molecule has 2 rings (SSSR count). The monoisotopic (exact) mass is 251 g/mol. The van der Waals surface area contributed by atoms with E-state index >= 15 is 0 Å². The van der Waals surface area contributed by atoms with Crippen molar-refractivity contribution in [2.24, 2.45) is 5.92 Å². The van der Waals surface area contributed by atoms with E-state index in [0.29, 0.717) is 17.2 Å². The molecule has 1 aliphatic rings. The largest absolute Gasteiger partial charge is 0.492 e. The van der Waals surface area contributed by atoms with Crippen LogP contribution in [0.1, 0.15) is 18.4 Å². The molecule has 0 N–H and O–H groups in total. The summed E-state index contributed by atoms with van der Waals surface area (Å²) in [5.41, 5.74) is 0.605. The Hall–Kier alpha value is -1.01. The van der Waals surface area contributed by atoms with Crippen LogP contribution in [0, 0.1) is 17.2 Å². The molecule has 0 spiro atoms. The molecule has 0 saturated heterocycles. The Labute approximate surface area is 91.6 Å². The quantitative estimate of drug-likeness (QED) is 0.827. The zero-order valence-electron chi connectivity index (χ0n) is 7.66. The van der Waals surface area contributed by atoms with E-state index in [1.807, 2.05) is 12.1 Å². The van der Waals surface area contributed by atoms with E-state index in [1.54, 1.807) is 6.07 Å². The van der Waals surface area contributed by atoms with Crippen LogP contribution in [0.2, 0.25) is 0 Å². The second-order valence-electron chi connectivity index (χ2n) is 3.51. The van der Waals surface area contributed by atoms with Gasteiger partial charge in [-0.05, 0) is 37.0 Å². The van der Waals surface area contributed by atoms with Crippen LogP contribution in [0.3, 0.4) is 0 Å². The Morgan fingerprint density at radius 3 is 2.93 bits per heavy atom. The molecular formula is C11H10BrNO. The first-order chi connectivity index (χ1) is 6.79. The minimum absolute atomic E-state index is 0.605. The SMILES string of the molecule is N#Cc1ccc(Br)cc1OCC1CC1. The zero-order valence-corrected chi connectivity index (χ0v) is 9.25. The molecule has 1 aliphatic carbocycles. The van der Waals surface area contributed by atoms with E-state index in [1.165, 1.54) is 12.8 Å². The van der Waals surface area contributed by atoms with Crippen LogP contribution in [0.15, 0.2) is 22.7 Å². The third kappa shape index (κ3) is 2.27. The Morgan fingerprint density at radius 1 is 1.50 bits per heavy atom. The van der Waals surface area contributed by atoms with E-state index < -0.39 is 0 Å². The summed E-state index contributed by atoms with van der Waals surface area (Å²) in [6.45, 7) is 0.741. The fourth-order valence-electron chi connectivity index (χ4n) is 1.20. The molecular weight excluding hydrogens is 242 g/mol. The number of nitriles is 1. The minimum Gasteiger partial charge on any atom is -0.492 e. The summed E-state index contributed by atoms with van der Waals surface area (Å²) in [5.74, 6) is 1.40. The lowest BCUT2D eigenvalue weighted by atomic mass is 10.2. The Balaban J connectivity index is 2.12. The maximum absolute atomic E-state index is 8.84. The highest BCUT2D eigenvalue weighted by atomic mass is 79.9. The molecule has 14 heavy (non-hydrogen) atoms. The van der Waals surface area contributed by atoms with Gasteiger partial charge in [-0.3, -0.25) is 0 Å². The van der Waals surface area contributed by atoms with E-state index in [-0.39, 0.29) is 0 Å². The molecule has 0 atom stereocenters. The molecule has 0 unspecified atom stereocenters. The summed E-state index contributed by atoms with van der Waals surface area (Å²) in [7, 11) is 0. The average Bonchev–Trinajstić information content (AvgIpc) is 2.98. The molecule has 0 aliphatic heterocycles. The van der Waals surface area contributed by atoms with Crippen LogP contribution < -0.4 is 4.74 Å². The highest BCUT2D eigenvalue weighted by molar-refractivity contribution is 9.10. The Morgan fingerprint density at radius 2 is 2.29 bits per heavy atom. The van der Waals surface area contributed by atoms with E-state index in [0.717, 1.165) is 11.1 Å². The number of ether oxygens (including phenoxy) is 1. The molecule has 0 radical (unpaired) electrons. The van der Waals surface area contributed by atoms with E-state index in [4.69, 9.17) is 10.00 Å². The maximum Gasteiger partial charge on any atom is 0.138 e. The number of halogens is 1. The van der Waals surface area contributed by atoms with Crippen LogP contribution in [0.4, 0.5) is 0 Å². The minimum atomic E-state index is 0.605. The van der Waals surface area contributed by atoms with Gasteiger partial charge in [-0.2, -0.15) is 5.26 Å². The lowest BCUT2D eigenvalue weighted by Crippen LogP contribution is -2.00. The first-order valence-corrected chi connectivity index (χ1v) is 5.41. The van der Waals surface area contributed by atoms with Gasteiger partial charge in [0.15, 0.2) is 0 Å². The Bertz CT molecular complexity index is 379. The number of nitrogens with zero attached hydrogens (tertiary/aromatic N) is 1. The zero-order chi connectivity index (χ0) is 9.97. The van der Waals surface area contributed by atoms with Gasteiger partial charge in [0.05, 0.1) is 12.2 Å². The predicted octanol–water partition coefficient (Wildman–Crippen LogP) is 3.11. The van der Waals surface area contributed by atoms with Gasteiger partial charge >= 0.3 is 0 Å². The van der Waals surface area contributed by atoms with Crippen LogP contribution >= 0.6 is 15.9 Å². The summed E-state index contributed by atoms with van der Waals surface area (Å²) >= 11 is 3.36. The summed E-state index contributed by atoms with van der Waals surface area (Å²) in [6, 6.07) is 7.59. The topological polar surface area (TPSA) is 33.0 Å². The van der Waals surface area contributed by atoms with Gasteiger partial charge in [-0.25, -0.2) is 0 Å². The molecule has 0 heterocycles. The molecule has 2 nitrogen and oxygen atoms in total. The lowest BCUT2D eigenvalue weighted by Gasteiger charge is -2.06. The molecule has 0 bridgehead atoms. The number of hydrogen-bond donors (Lipinski definition) is 0. The maximum atomic E-state index is 8.84. The first kappa shape index (κ1) is 9.54. The second kappa shape index (κ2) is 4.02. The fraction of sp³-hybridized carbons (Fsp3) is 0.364. The summed E-state index contributed by atoms with van der Waals surface area (Å²) < 4.78 is 6.53. The van der Waals surface area contributed by atoms with Crippen molar-refractivity contribution >= 4 is 15.9 Å². The summed E-state index contributed by atoms with van der Waals surface area (Å²) in [6.07, 6.45) is 2.52. The third-order valence-electron chi connectivity index (χ3n) is 2.24. The van der Waals surface area contributed by atoms with Gasteiger partial charge in [-0.1, -0.05) is 15.9 Å². The van der Waals surface area contributed by atoms with Crippen molar-refractivity contribution in [3.8, 4) is 11.8 Å². The lowest BCUT2D eigenvalue weighted by molar-refractivity contribution is 0.299. The van der Waals surface area contributed by atoms with Crippen molar-refractivity contribution < 1.29 is 4.74 Å². The Kier molecular flexibility index (Phi) is 2.74. The highest BCUT2D eigenvalue weighted by Gasteiger charge is 2.22. The van der Waals surface area contributed by atoms with E-state index in [2.05, 4.69) is 22.0 Å². The van der Waals surface area contributed by atoms with Crippen molar-refractivity contribution in [2.45, 2.75) is 12.8 Å². The van der Waals surface area contributed by atoms with E-state index in [9.17, 15) is 0 Å². The van der Waals surface area contributed by atoms with Crippen molar-refractivity contribution in [3.63, 3.8) is 0 Å². The second-order valence-corrected chi connectivity index (χ2v) is 4.42. The molecule has 1 aromatic carbocycles. The molecule has 0 amide bonds. The molecule has 3 heteroatoms. The standard InChI is InChI=1S/C11H10BrNO/c12-10-4-3-9(6-13)11(5-10)14-7-8-1-2-8/h3-5,8H,1-2,7H2. The van der Waals surface area contributed by atoms with Crippen molar-refractivity contribution in [1.29, 1.82) is 5.26 Å². The molecule has 1 fully saturated rings. The van der Waals surface area contributed by atoms with Crippen LogP contribution in [0.25, 0.3) is 0 Å². The van der Waals surface area contributed by atoms with Gasteiger partial charge < -0.3 is 4.74 Å². The molecule has 0 aromatic heterocycles. The van der Waals surface area contributed by atoms with Gasteiger partial charge in [0.25, 0.3) is 0 Å². The van der Waals surface area contributed by atoms with Gasteiger partial charge in [-0.15, -0.1) is 0 Å². The van der Waals surface area contributed by atoms with Gasteiger partial charge in [0.1, 0.15) is 11.8 Å². The highest BCUT2D eigenvalue weighted by Crippen LogP contribution is 2.31. The van der Waals surface area contributed by atoms with Crippen LogP contribution in [-0.2, 0) is 0 Å². The third-order valence-corrected chi connectivity index (χ3v) is 2.73. The average molecular weight is 252 g/mol. The van der Waals surface area contributed by atoms with Crippen molar-refractivity contribution in [3.05, 3.63) is 28.2 Å². The smallest absolute Gasteiger partial charge is 0.138 e. The fourth-order valence-corrected chi connectivity index (χ4v) is 1.54.